The van der Waals surface area contributed by atoms with Crippen LogP contribution in [0, 0.1) is 23.7 Å². The number of nitrogens with one attached hydrogen (secondary N) is 5. The number of ketones is 2. The Morgan fingerprint density at radius 3 is 2.17 bits per heavy atom. The molecule has 1 aliphatic rings. The van der Waals surface area contributed by atoms with Gasteiger partial charge in [0, 0.05) is 67.8 Å². The molecule has 0 spiro atoms. The molecule has 6 amide bonds. The molecular weight excluding hydrogens is 1100 g/mol. The minimum absolute atomic E-state index is 0.00684. The Morgan fingerprint density at radius 2 is 1.57 bits per heavy atom. The van der Waals surface area contributed by atoms with Crippen LogP contribution in [0.5, 0.6) is 5.75 Å². The number of Topliss-reactive ketones (excluding diaryl/α,β-unsaturated/α-hetero) is 1. The molecule has 448 valence electrons. The topological polar surface area (TPSA) is 289 Å². The molecule has 1 aromatic heterocycles. The summed E-state index contributed by atoms with van der Waals surface area (Å²) in [7, 11) is 5.35. The van der Waals surface area contributed by atoms with Crippen molar-refractivity contribution in [3.8, 4) is 5.75 Å². The SMILES string of the molecule is CC[C@H](C)[C@H](CC(=O)C(C)(C)N(C)C)C(=O)N(C)[C@H](C[C@@H](OC(C)=O)c1nc(C(=O)N[C@@H](Cc2ccc(O)c(NC(=O)CNC(=O)C(C)NC(=O)C3CC(=O)/C=C/SCS/C=C/C(=O)N3)c2)CC(C)C(=O)OC(C)(C)C)cs1)C(C)C. The highest BCUT2D eigenvalue weighted by Gasteiger charge is 2.39. The number of esters is 2. The van der Waals surface area contributed by atoms with E-state index in [1.165, 1.54) is 67.0 Å². The second kappa shape index (κ2) is 31.9. The van der Waals surface area contributed by atoms with Gasteiger partial charge in [0.2, 0.25) is 29.5 Å². The second-order valence-corrected chi connectivity index (χ2v) is 25.5. The first-order valence-corrected chi connectivity index (χ1v) is 29.9. The average molecular weight is 1190 g/mol. The Hall–Kier alpha value is -6.11. The number of likely N-dealkylation sites (N-methyl/N-ethyl adjacent to an activating group) is 1. The van der Waals surface area contributed by atoms with Crippen LogP contribution < -0.4 is 26.6 Å². The van der Waals surface area contributed by atoms with Gasteiger partial charge in [-0.2, -0.15) is 0 Å². The number of phenols is 1. The zero-order chi connectivity index (χ0) is 61.1. The van der Waals surface area contributed by atoms with E-state index in [4.69, 9.17) is 9.47 Å². The third-order valence-electron chi connectivity index (χ3n) is 13.9. The summed E-state index contributed by atoms with van der Waals surface area (Å²) >= 11 is 3.77. The summed E-state index contributed by atoms with van der Waals surface area (Å²) < 4.78 is 11.5. The monoisotopic (exact) mass is 1180 g/mol. The van der Waals surface area contributed by atoms with Gasteiger partial charge in [-0.3, -0.25) is 52.8 Å². The zero-order valence-electron chi connectivity index (χ0n) is 49.4. The number of nitrogens with zero attached hydrogens (tertiary/aromatic N) is 3. The van der Waals surface area contributed by atoms with Crippen LogP contribution in [0.25, 0.3) is 0 Å². The van der Waals surface area contributed by atoms with Gasteiger partial charge in [0.25, 0.3) is 5.91 Å². The van der Waals surface area contributed by atoms with Gasteiger partial charge in [-0.05, 0) is 115 Å². The lowest BCUT2D eigenvalue weighted by atomic mass is 9.81. The van der Waals surface area contributed by atoms with Gasteiger partial charge >= 0.3 is 11.9 Å². The molecule has 8 atom stereocenters. The molecule has 0 aliphatic carbocycles. The number of hydrogen-bond donors (Lipinski definition) is 6. The molecule has 0 saturated carbocycles. The van der Waals surface area contributed by atoms with Crippen LogP contribution in [0.4, 0.5) is 5.69 Å². The highest BCUT2D eigenvalue weighted by Crippen LogP contribution is 2.34. The van der Waals surface area contributed by atoms with E-state index in [1.54, 1.807) is 56.5 Å². The number of thiazole rings is 1. The lowest BCUT2D eigenvalue weighted by Crippen LogP contribution is -2.53. The summed E-state index contributed by atoms with van der Waals surface area (Å²) in [6.45, 7) is 20.4. The quantitative estimate of drug-likeness (QED) is 0.0435. The van der Waals surface area contributed by atoms with Gasteiger partial charge < -0.3 is 46.1 Å². The maximum atomic E-state index is 14.4. The molecule has 0 bridgehead atoms. The molecule has 3 rings (SSSR count). The predicted octanol–water partition coefficient (Wildman–Crippen LogP) is 6.47. The van der Waals surface area contributed by atoms with Crippen molar-refractivity contribution in [2.24, 2.45) is 23.7 Å². The van der Waals surface area contributed by atoms with E-state index in [0.29, 0.717) is 22.1 Å². The molecule has 3 unspecified atom stereocenters. The summed E-state index contributed by atoms with van der Waals surface area (Å²) in [5, 5.41) is 29.3. The summed E-state index contributed by atoms with van der Waals surface area (Å²) in [6, 6.07) is 0.649. The fourth-order valence-electron chi connectivity index (χ4n) is 8.39. The fraction of sp³-hybridized carbons (Fsp3) is 0.596. The molecule has 0 saturated heterocycles. The lowest BCUT2D eigenvalue weighted by molar-refractivity contribution is -0.160. The van der Waals surface area contributed by atoms with E-state index in [2.05, 4.69) is 31.6 Å². The number of thioether (sulfide) groups is 2. The third kappa shape index (κ3) is 22.6. The van der Waals surface area contributed by atoms with E-state index in [-0.39, 0.29) is 72.8 Å². The number of amides is 6. The van der Waals surface area contributed by atoms with E-state index >= 15 is 0 Å². The van der Waals surface area contributed by atoms with Crippen molar-refractivity contribution in [3.05, 3.63) is 62.8 Å². The maximum Gasteiger partial charge on any atom is 0.309 e. The van der Waals surface area contributed by atoms with Crippen molar-refractivity contribution in [2.75, 3.05) is 38.1 Å². The second-order valence-electron chi connectivity index (χ2n) is 22.4. The average Bonchev–Trinajstić information content (AvgIpc) is 3.88. The Labute approximate surface area is 489 Å². The van der Waals surface area contributed by atoms with Crippen molar-refractivity contribution in [1.82, 2.24) is 36.1 Å². The summed E-state index contributed by atoms with van der Waals surface area (Å²) in [5.74, 6) is -7.19. The molecule has 6 N–H and O–H groups in total. The largest absolute Gasteiger partial charge is 0.506 e. The molecule has 0 fully saturated rings. The molecular formula is C57H84N8O13S3. The Morgan fingerprint density at radius 1 is 0.914 bits per heavy atom. The van der Waals surface area contributed by atoms with Crippen molar-refractivity contribution < 1.29 is 62.5 Å². The number of anilines is 1. The molecule has 81 heavy (non-hydrogen) atoms. The van der Waals surface area contributed by atoms with Crippen molar-refractivity contribution in [2.45, 2.75) is 163 Å². The van der Waals surface area contributed by atoms with Gasteiger partial charge in [-0.15, -0.1) is 34.9 Å². The maximum absolute atomic E-state index is 14.4. The standard InChI is InChI=1S/C57H84N8O13S3/c1-16-33(4)40(27-47(69)57(11,12)64(13)14)54(75)65(15)44(32(2)3)28-46(77-36(7)66)53-63-43(30-81-53)52(74)60-38(23-34(5)55(76)78-56(8,9)10)24-37-17-18-45(68)41(25-37)61-49(71)29-58-50(72)35(6)59-51(73)42-26-39(67)19-21-79-31-80-22-20-48(70)62-42/h17-22,25,30,32-35,38,40,42,44,46,68H,16,23-24,26-29,31H2,1-15H3,(H,58,72)(H,59,73)(H,60,74)(H,61,71)(H,62,70)/b21-19+,22-20+/t33-,34?,35?,38+,40-,42?,44+,46+/m0/s1. The van der Waals surface area contributed by atoms with Gasteiger partial charge in [0.05, 0.1) is 23.7 Å². The van der Waals surface area contributed by atoms with Crippen LogP contribution >= 0.6 is 34.9 Å². The smallest absolute Gasteiger partial charge is 0.309 e. The van der Waals surface area contributed by atoms with Crippen LogP contribution in [0.15, 0.2) is 46.5 Å². The highest BCUT2D eigenvalue weighted by molar-refractivity contribution is 8.18. The molecule has 21 nitrogen and oxygen atoms in total. The number of hydrogen-bond acceptors (Lipinski definition) is 18. The molecule has 2 heterocycles. The molecule has 24 heteroatoms. The number of allylic oxidation sites excluding steroid dienone is 1. The van der Waals surface area contributed by atoms with Crippen molar-refractivity contribution >= 4 is 99.5 Å². The van der Waals surface area contributed by atoms with Gasteiger partial charge in [0.1, 0.15) is 34.1 Å². The van der Waals surface area contributed by atoms with E-state index in [1.807, 2.05) is 60.5 Å². The molecule has 1 aromatic carbocycles. The summed E-state index contributed by atoms with van der Waals surface area (Å²) in [6.07, 6.45) is 2.24. The van der Waals surface area contributed by atoms with Crippen LogP contribution in [-0.2, 0) is 59.0 Å². The first kappa shape index (κ1) is 69.2. The van der Waals surface area contributed by atoms with E-state index in [0.717, 1.165) is 11.3 Å². The van der Waals surface area contributed by atoms with Crippen LogP contribution in [0.1, 0.15) is 142 Å². The van der Waals surface area contributed by atoms with Crippen LogP contribution in [-0.4, -0.2) is 147 Å². The normalized spacial score (nSPS) is 17.7. The summed E-state index contributed by atoms with van der Waals surface area (Å²) in [5.41, 5.74) is -1.12. The molecule has 0 radical (unpaired) electrons. The Bertz CT molecular complexity index is 2600. The number of carbonyl (C=O) groups excluding carboxylic acids is 10. The predicted molar refractivity (Wildman–Crippen MR) is 315 cm³/mol. The Kier molecular flexibility index (Phi) is 27.3. The third-order valence-corrected chi connectivity index (χ3v) is 16.6. The number of carbonyl (C=O) groups is 10. The number of rotatable bonds is 26. The van der Waals surface area contributed by atoms with Crippen molar-refractivity contribution in [1.29, 1.82) is 0 Å². The van der Waals surface area contributed by atoms with Crippen LogP contribution in [0.3, 0.4) is 0 Å². The minimum Gasteiger partial charge on any atom is -0.506 e. The lowest BCUT2D eigenvalue weighted by Gasteiger charge is -2.38. The van der Waals surface area contributed by atoms with E-state index in [9.17, 15) is 53.1 Å². The van der Waals surface area contributed by atoms with Gasteiger partial charge in [0.15, 0.2) is 17.7 Å². The first-order valence-electron chi connectivity index (χ1n) is 27.0. The minimum atomic E-state index is -1.29. The number of aromatic nitrogens is 1. The van der Waals surface area contributed by atoms with Gasteiger partial charge in [-0.25, -0.2) is 4.98 Å². The van der Waals surface area contributed by atoms with E-state index < -0.39 is 107 Å². The van der Waals surface area contributed by atoms with Gasteiger partial charge in [-0.1, -0.05) is 47.1 Å². The number of ether oxygens (including phenoxy) is 2. The molecule has 2 aromatic rings. The number of benzene rings is 1. The zero-order valence-corrected chi connectivity index (χ0v) is 51.8. The number of phenolic OH excluding ortho intramolecular Hbond substituents is 1. The molecule has 1 aliphatic heterocycles. The number of aromatic hydroxyl groups is 1. The summed E-state index contributed by atoms with van der Waals surface area (Å²) in [4.78, 5) is 141. The van der Waals surface area contributed by atoms with Crippen LogP contribution in [0.2, 0.25) is 0 Å². The fourth-order valence-corrected chi connectivity index (χ4v) is 10.6. The Balaban J connectivity index is 1.83. The first-order chi connectivity index (χ1) is 37.7. The van der Waals surface area contributed by atoms with Crippen molar-refractivity contribution in [3.63, 3.8) is 0 Å². The highest BCUT2D eigenvalue weighted by atomic mass is 32.2.